The van der Waals surface area contributed by atoms with Crippen molar-refractivity contribution >= 4 is 52.6 Å². The lowest BCUT2D eigenvalue weighted by Crippen LogP contribution is -2.31. The van der Waals surface area contributed by atoms with Crippen LogP contribution < -0.4 is 20.1 Å². The lowest BCUT2D eigenvalue weighted by atomic mass is 10.2. The van der Waals surface area contributed by atoms with Crippen molar-refractivity contribution in [2.45, 2.75) is 12.8 Å². The minimum absolute atomic E-state index is 0.0572. The number of carbonyl (C=O) groups is 1. The highest BCUT2D eigenvalue weighted by atomic mass is 32.1. The molecule has 4 rings (SSSR count). The molecule has 2 heterocycles. The second-order valence-corrected chi connectivity index (χ2v) is 11.6. The number of aromatic nitrogens is 3. The van der Waals surface area contributed by atoms with Crippen molar-refractivity contribution < 1.29 is 41.9 Å². The Labute approximate surface area is 255 Å². The molecular formula is C27H31F2N6O7PS. The summed E-state index contributed by atoms with van der Waals surface area (Å²) >= 11 is 1.27. The van der Waals surface area contributed by atoms with Crippen molar-refractivity contribution in [3.05, 3.63) is 59.6 Å². The topological polar surface area (TPSA) is 168 Å². The molecule has 0 saturated carbocycles. The summed E-state index contributed by atoms with van der Waals surface area (Å²) in [5.74, 6) is 0.582. The van der Waals surface area contributed by atoms with Crippen LogP contribution in [0.3, 0.4) is 0 Å². The van der Waals surface area contributed by atoms with Crippen molar-refractivity contribution in [3.63, 3.8) is 0 Å². The first kappa shape index (κ1) is 33.1. The van der Waals surface area contributed by atoms with Crippen LogP contribution in [-0.4, -0.2) is 82.2 Å². The van der Waals surface area contributed by atoms with Gasteiger partial charge in [-0.3, -0.25) is 14.2 Å². The first-order valence-corrected chi connectivity index (χ1v) is 15.7. The molecule has 4 aromatic rings. The molecule has 0 spiro atoms. The van der Waals surface area contributed by atoms with Gasteiger partial charge in [-0.15, -0.1) is 11.3 Å². The fourth-order valence-corrected chi connectivity index (χ4v) is 5.26. The summed E-state index contributed by atoms with van der Waals surface area (Å²) in [5.41, 5.74) is 0.936. The first-order valence-electron chi connectivity index (χ1n) is 13.3. The number of benzene rings is 2. The van der Waals surface area contributed by atoms with Gasteiger partial charge in [-0.25, -0.2) is 28.3 Å². The number of carbonyl (C=O) groups excluding carboxylic acids is 1. The van der Waals surface area contributed by atoms with Crippen LogP contribution in [0.4, 0.5) is 25.4 Å². The van der Waals surface area contributed by atoms with Crippen molar-refractivity contribution in [1.82, 2.24) is 19.9 Å². The third-order valence-electron chi connectivity index (χ3n) is 6.09. The summed E-state index contributed by atoms with van der Waals surface area (Å²) < 4.78 is 53.0. The van der Waals surface area contributed by atoms with Gasteiger partial charge in [-0.05, 0) is 30.7 Å². The van der Waals surface area contributed by atoms with Crippen LogP contribution in [0.25, 0.3) is 10.9 Å². The number of anilines is 3. The Balaban J connectivity index is 1.36. The molecule has 0 radical (unpaired) electrons. The van der Waals surface area contributed by atoms with Crippen LogP contribution in [0, 0.1) is 5.82 Å². The number of fused-ring (bicyclic) bond motifs is 1. The molecule has 2 aromatic heterocycles. The molecule has 0 fully saturated rings. The average Bonchev–Trinajstić information content (AvgIpc) is 3.40. The van der Waals surface area contributed by atoms with Crippen LogP contribution in [0.2, 0.25) is 0 Å². The number of rotatable bonds is 17. The van der Waals surface area contributed by atoms with E-state index in [1.165, 1.54) is 43.0 Å². The zero-order valence-corrected chi connectivity index (χ0v) is 25.3. The van der Waals surface area contributed by atoms with E-state index in [4.69, 9.17) is 19.3 Å². The van der Waals surface area contributed by atoms with Gasteiger partial charge in [0.2, 0.25) is 5.91 Å². The number of nitrogens with one attached hydrogen (secondary N) is 2. The quantitative estimate of drug-likeness (QED) is 0.0944. The number of alkyl halides is 1. The second kappa shape index (κ2) is 15.8. The van der Waals surface area contributed by atoms with Crippen molar-refractivity contribution in [2.24, 2.45) is 0 Å². The van der Waals surface area contributed by atoms with E-state index >= 15 is 0 Å². The highest BCUT2D eigenvalue weighted by Gasteiger charge is 2.16. The standard InChI is InChI=1S/C27H31F2N6O7PS/c1-40-23-14-21-22(15-24(23)41-10-3-7-35(8-6-28)9-11-42-43(37,38)39)31-17-32-26(21)34-27-30-16-20(44-27)13-25(36)33-19-5-2-4-18(29)12-19/h2,4-5,12,14-17H,3,6-11,13H2,1H3,(H,33,36)(H2,37,38,39)(H,30,31,32,34). The van der Waals surface area contributed by atoms with Crippen molar-refractivity contribution in [1.29, 1.82) is 0 Å². The number of phosphoric acid groups is 1. The van der Waals surface area contributed by atoms with Crippen molar-refractivity contribution in [3.8, 4) is 11.5 Å². The lowest BCUT2D eigenvalue weighted by Gasteiger charge is -2.21. The van der Waals surface area contributed by atoms with Gasteiger partial charge in [0.15, 0.2) is 16.6 Å². The molecule has 2 aromatic carbocycles. The van der Waals surface area contributed by atoms with Gasteiger partial charge >= 0.3 is 7.82 Å². The fourth-order valence-electron chi connectivity index (χ4n) is 4.13. The van der Waals surface area contributed by atoms with Crippen molar-refractivity contribution in [2.75, 3.05) is 57.3 Å². The number of ether oxygens (including phenoxy) is 2. The largest absolute Gasteiger partial charge is 0.493 e. The van der Waals surface area contributed by atoms with E-state index in [1.807, 2.05) is 0 Å². The molecule has 0 aliphatic carbocycles. The summed E-state index contributed by atoms with van der Waals surface area (Å²) in [5, 5.41) is 6.95. The molecule has 17 heteroatoms. The van der Waals surface area contributed by atoms with E-state index in [0.717, 1.165) is 0 Å². The molecular weight excluding hydrogens is 621 g/mol. The zero-order valence-electron chi connectivity index (χ0n) is 23.6. The number of phosphoric ester groups is 1. The van der Waals surface area contributed by atoms with Gasteiger partial charge in [0.1, 0.15) is 24.6 Å². The van der Waals surface area contributed by atoms with E-state index in [0.29, 0.717) is 56.9 Å². The highest BCUT2D eigenvalue weighted by Crippen LogP contribution is 2.36. The highest BCUT2D eigenvalue weighted by molar-refractivity contribution is 7.46. The van der Waals surface area contributed by atoms with Crippen LogP contribution in [0.5, 0.6) is 11.5 Å². The Morgan fingerprint density at radius 1 is 1.09 bits per heavy atom. The minimum Gasteiger partial charge on any atom is -0.493 e. The zero-order chi connectivity index (χ0) is 31.5. The Hall–Kier alpha value is -3.79. The third kappa shape index (κ3) is 10.1. The molecule has 0 saturated heterocycles. The SMILES string of the molecule is COc1cc2c(Nc3ncc(CC(=O)Nc4cccc(F)c4)s3)ncnc2cc1OCCCN(CCF)CCOP(=O)(O)O. The maximum atomic E-state index is 13.4. The van der Waals surface area contributed by atoms with Gasteiger partial charge in [0.05, 0.1) is 32.3 Å². The van der Waals surface area contributed by atoms with Crippen LogP contribution in [0.15, 0.2) is 48.9 Å². The average molecular weight is 653 g/mol. The molecule has 1 amide bonds. The maximum absolute atomic E-state index is 13.4. The number of nitrogens with zero attached hydrogens (tertiary/aromatic N) is 4. The predicted octanol–water partition coefficient (Wildman–Crippen LogP) is 4.31. The molecule has 0 bridgehead atoms. The minimum atomic E-state index is -4.58. The second-order valence-electron chi connectivity index (χ2n) is 9.29. The maximum Gasteiger partial charge on any atom is 0.469 e. The normalized spacial score (nSPS) is 11.6. The monoisotopic (exact) mass is 652 g/mol. The summed E-state index contributed by atoms with van der Waals surface area (Å²) in [6.07, 6.45) is 3.52. The molecule has 4 N–H and O–H groups in total. The first-order chi connectivity index (χ1) is 21.1. The number of hydrogen-bond donors (Lipinski definition) is 4. The van der Waals surface area contributed by atoms with E-state index < -0.39 is 20.3 Å². The summed E-state index contributed by atoms with van der Waals surface area (Å²) in [4.78, 5) is 45.4. The number of halogens is 2. The summed E-state index contributed by atoms with van der Waals surface area (Å²) in [7, 11) is -3.09. The lowest BCUT2D eigenvalue weighted by molar-refractivity contribution is -0.115. The summed E-state index contributed by atoms with van der Waals surface area (Å²) in [6, 6.07) is 9.08. The molecule has 0 aliphatic rings. The van der Waals surface area contributed by atoms with Gasteiger partial charge < -0.3 is 29.9 Å². The van der Waals surface area contributed by atoms with E-state index in [9.17, 15) is 18.1 Å². The number of methoxy groups -OCH3 is 1. The Kier molecular flexibility index (Phi) is 11.9. The Morgan fingerprint density at radius 2 is 1.93 bits per heavy atom. The molecule has 0 unspecified atom stereocenters. The molecule has 0 aliphatic heterocycles. The Morgan fingerprint density at radius 3 is 2.68 bits per heavy atom. The molecule has 0 atom stereocenters. The number of amides is 1. The van der Waals surface area contributed by atoms with E-state index in [2.05, 4.69) is 30.1 Å². The summed E-state index contributed by atoms with van der Waals surface area (Å²) in [6.45, 7) is 0.0914. The van der Waals surface area contributed by atoms with E-state index in [-0.39, 0.29) is 38.6 Å². The van der Waals surface area contributed by atoms with Crippen LogP contribution in [-0.2, 0) is 20.3 Å². The fraction of sp³-hybridized carbons (Fsp3) is 0.333. The van der Waals surface area contributed by atoms with Gasteiger partial charge in [-0.1, -0.05) is 6.07 Å². The van der Waals surface area contributed by atoms with E-state index in [1.54, 1.807) is 29.3 Å². The number of thiazole rings is 1. The third-order valence-corrected chi connectivity index (χ3v) is 7.52. The number of hydrogen-bond acceptors (Lipinski definition) is 11. The molecule has 44 heavy (non-hydrogen) atoms. The van der Waals surface area contributed by atoms with Gasteiger partial charge in [0.25, 0.3) is 0 Å². The predicted molar refractivity (Wildman–Crippen MR) is 161 cm³/mol. The Bertz CT molecular complexity index is 1610. The van der Waals surface area contributed by atoms with Crippen LogP contribution in [0.1, 0.15) is 11.3 Å². The van der Waals surface area contributed by atoms with Gasteiger partial charge in [0, 0.05) is 47.8 Å². The molecule has 236 valence electrons. The smallest absolute Gasteiger partial charge is 0.469 e. The van der Waals surface area contributed by atoms with Crippen LogP contribution >= 0.6 is 19.2 Å². The van der Waals surface area contributed by atoms with Gasteiger partial charge in [-0.2, -0.15) is 0 Å². The molecule has 13 nitrogen and oxygen atoms in total.